The van der Waals surface area contributed by atoms with Crippen LogP contribution >= 0.6 is 43.5 Å². The third-order valence-corrected chi connectivity index (χ3v) is 6.76. The quantitative estimate of drug-likeness (QED) is 0.205. The Morgan fingerprint density at radius 3 is 2.65 bits per heavy atom. The Kier molecular flexibility index (Phi) is 7.86. The van der Waals surface area contributed by atoms with E-state index in [1.54, 1.807) is 24.4 Å². The molecule has 0 N–H and O–H groups in total. The number of hydrogen-bond donors (Lipinski definition) is 0. The molecule has 0 fully saturated rings. The molecule has 0 spiro atoms. The van der Waals surface area contributed by atoms with Gasteiger partial charge in [0.2, 0.25) is 0 Å². The van der Waals surface area contributed by atoms with Gasteiger partial charge in [-0.15, -0.1) is 0 Å². The van der Waals surface area contributed by atoms with Crippen molar-refractivity contribution < 1.29 is 4.74 Å². The number of nitrogens with zero attached hydrogens (tertiary/aromatic N) is 3. The van der Waals surface area contributed by atoms with Gasteiger partial charge in [-0.25, -0.2) is 4.98 Å². The molecule has 8 heteroatoms. The van der Waals surface area contributed by atoms with Gasteiger partial charge in [-0.05, 0) is 58.2 Å². The standard InChI is InChI=1S/C26H22Br2ClN3O2/c1-3-16(2)25-31-23-10-9-19(27)12-21(23)26(33)32(25)30-14-18-11-20(29)13-22(28)24(18)34-15-17-7-5-4-6-8-17/h4-14,16H,3,15H2,1-2H3/t16-/m0/s1. The second kappa shape index (κ2) is 10.8. The van der Waals surface area contributed by atoms with Crippen LogP contribution in [0.5, 0.6) is 5.75 Å². The molecular formula is C26H22Br2ClN3O2. The molecular weight excluding hydrogens is 582 g/mol. The molecule has 0 aliphatic heterocycles. The monoisotopic (exact) mass is 601 g/mol. The van der Waals surface area contributed by atoms with E-state index in [4.69, 9.17) is 21.3 Å². The molecule has 0 saturated heterocycles. The molecule has 0 aliphatic rings. The van der Waals surface area contributed by atoms with Gasteiger partial charge in [-0.3, -0.25) is 4.79 Å². The zero-order valence-electron chi connectivity index (χ0n) is 18.6. The van der Waals surface area contributed by atoms with E-state index in [0.717, 1.165) is 16.5 Å². The lowest BCUT2D eigenvalue weighted by Gasteiger charge is -2.15. The van der Waals surface area contributed by atoms with Crippen LogP contribution in [0.3, 0.4) is 0 Å². The number of aromatic nitrogens is 2. The summed E-state index contributed by atoms with van der Waals surface area (Å²) in [6, 6.07) is 18.9. The molecule has 1 atom stereocenters. The van der Waals surface area contributed by atoms with Gasteiger partial charge in [0, 0.05) is 21.0 Å². The summed E-state index contributed by atoms with van der Waals surface area (Å²) in [6.07, 6.45) is 2.41. The summed E-state index contributed by atoms with van der Waals surface area (Å²) in [5.41, 5.74) is 2.09. The summed E-state index contributed by atoms with van der Waals surface area (Å²) in [7, 11) is 0. The fourth-order valence-corrected chi connectivity index (χ4v) is 4.77. The lowest BCUT2D eigenvalue weighted by Crippen LogP contribution is -2.23. The average molecular weight is 604 g/mol. The van der Waals surface area contributed by atoms with Gasteiger partial charge < -0.3 is 4.74 Å². The first-order valence-electron chi connectivity index (χ1n) is 10.8. The van der Waals surface area contributed by atoms with Crippen LogP contribution < -0.4 is 10.3 Å². The van der Waals surface area contributed by atoms with E-state index < -0.39 is 0 Å². The Bertz CT molecular complexity index is 1420. The van der Waals surface area contributed by atoms with Crippen molar-refractivity contribution in [3.05, 3.63) is 102 Å². The normalized spacial score (nSPS) is 12.4. The summed E-state index contributed by atoms with van der Waals surface area (Å²) < 4.78 is 8.99. The fourth-order valence-electron chi connectivity index (χ4n) is 3.46. The molecule has 0 radical (unpaired) electrons. The summed E-state index contributed by atoms with van der Waals surface area (Å²) in [5, 5.41) is 5.58. The molecule has 0 saturated carbocycles. The highest BCUT2D eigenvalue weighted by Gasteiger charge is 2.16. The van der Waals surface area contributed by atoms with Gasteiger partial charge in [-0.1, -0.05) is 71.7 Å². The topological polar surface area (TPSA) is 56.5 Å². The fraction of sp³-hybridized carbons (Fsp3) is 0.192. The summed E-state index contributed by atoms with van der Waals surface area (Å²) in [6.45, 7) is 4.47. The molecule has 5 nitrogen and oxygen atoms in total. The van der Waals surface area contributed by atoms with E-state index in [1.165, 1.54) is 4.68 Å². The third-order valence-electron chi connectivity index (χ3n) is 5.46. The molecule has 0 amide bonds. The minimum absolute atomic E-state index is 0.0396. The molecule has 1 heterocycles. The SMILES string of the molecule is CC[C@H](C)c1nc2ccc(Br)cc2c(=O)n1N=Cc1cc(Cl)cc(Br)c1OCc1ccccc1. The van der Waals surface area contributed by atoms with Crippen LogP contribution in [0.2, 0.25) is 5.02 Å². The maximum absolute atomic E-state index is 13.4. The molecule has 1 aromatic heterocycles. The predicted molar refractivity (Wildman–Crippen MR) is 145 cm³/mol. The van der Waals surface area contributed by atoms with Crippen molar-refractivity contribution >= 4 is 60.6 Å². The van der Waals surface area contributed by atoms with E-state index in [1.807, 2.05) is 49.4 Å². The molecule has 0 unspecified atom stereocenters. The minimum atomic E-state index is -0.231. The average Bonchev–Trinajstić information content (AvgIpc) is 2.83. The van der Waals surface area contributed by atoms with Crippen molar-refractivity contribution in [3.63, 3.8) is 0 Å². The zero-order chi connectivity index (χ0) is 24.2. The van der Waals surface area contributed by atoms with E-state index in [0.29, 0.717) is 44.1 Å². The highest BCUT2D eigenvalue weighted by Crippen LogP contribution is 2.32. The number of benzene rings is 3. The van der Waals surface area contributed by atoms with Gasteiger partial charge in [0.05, 0.1) is 21.6 Å². The van der Waals surface area contributed by atoms with Crippen molar-refractivity contribution in [2.45, 2.75) is 32.8 Å². The molecule has 34 heavy (non-hydrogen) atoms. The van der Waals surface area contributed by atoms with E-state index >= 15 is 0 Å². The molecule has 0 bridgehead atoms. The highest BCUT2D eigenvalue weighted by molar-refractivity contribution is 9.10. The van der Waals surface area contributed by atoms with Gasteiger partial charge in [0.1, 0.15) is 18.2 Å². The summed E-state index contributed by atoms with van der Waals surface area (Å²) in [4.78, 5) is 18.1. The number of halogens is 3. The Hall–Kier alpha value is -2.48. The number of fused-ring (bicyclic) bond motifs is 1. The van der Waals surface area contributed by atoms with Crippen LogP contribution in [0, 0.1) is 0 Å². The van der Waals surface area contributed by atoms with Crippen molar-refractivity contribution in [3.8, 4) is 5.75 Å². The third kappa shape index (κ3) is 5.43. The highest BCUT2D eigenvalue weighted by atomic mass is 79.9. The van der Waals surface area contributed by atoms with Crippen molar-refractivity contribution in [2.24, 2.45) is 5.10 Å². The van der Waals surface area contributed by atoms with Crippen LogP contribution in [-0.2, 0) is 6.61 Å². The Balaban J connectivity index is 1.79. The van der Waals surface area contributed by atoms with Crippen LogP contribution in [0.4, 0.5) is 0 Å². The van der Waals surface area contributed by atoms with Crippen molar-refractivity contribution in [1.29, 1.82) is 0 Å². The van der Waals surface area contributed by atoms with Gasteiger partial charge in [0.25, 0.3) is 5.56 Å². The minimum Gasteiger partial charge on any atom is -0.487 e. The van der Waals surface area contributed by atoms with Crippen LogP contribution in [-0.4, -0.2) is 15.9 Å². The van der Waals surface area contributed by atoms with Gasteiger partial charge in [0.15, 0.2) is 0 Å². The maximum atomic E-state index is 13.4. The number of hydrogen-bond acceptors (Lipinski definition) is 4. The molecule has 174 valence electrons. The number of ether oxygens (including phenoxy) is 1. The first-order valence-corrected chi connectivity index (χ1v) is 12.8. The Morgan fingerprint density at radius 2 is 1.91 bits per heavy atom. The van der Waals surface area contributed by atoms with Crippen LogP contribution in [0.15, 0.2) is 79.5 Å². The van der Waals surface area contributed by atoms with Crippen LogP contribution in [0.25, 0.3) is 10.9 Å². The van der Waals surface area contributed by atoms with E-state index in [9.17, 15) is 4.79 Å². The van der Waals surface area contributed by atoms with E-state index in [2.05, 4.69) is 43.9 Å². The summed E-state index contributed by atoms with van der Waals surface area (Å²) in [5.74, 6) is 1.23. The van der Waals surface area contributed by atoms with Crippen LogP contribution in [0.1, 0.15) is 43.1 Å². The lowest BCUT2D eigenvalue weighted by molar-refractivity contribution is 0.304. The molecule has 3 aromatic carbocycles. The van der Waals surface area contributed by atoms with E-state index in [-0.39, 0.29) is 11.5 Å². The maximum Gasteiger partial charge on any atom is 0.282 e. The Labute approximate surface area is 219 Å². The van der Waals surface area contributed by atoms with Crippen molar-refractivity contribution in [1.82, 2.24) is 9.66 Å². The first-order chi connectivity index (χ1) is 16.4. The Morgan fingerprint density at radius 1 is 1.15 bits per heavy atom. The zero-order valence-corrected chi connectivity index (χ0v) is 22.6. The molecule has 4 rings (SSSR count). The second-order valence-electron chi connectivity index (χ2n) is 7.88. The lowest BCUT2D eigenvalue weighted by atomic mass is 10.1. The molecule has 4 aromatic rings. The molecule has 0 aliphatic carbocycles. The van der Waals surface area contributed by atoms with Crippen molar-refractivity contribution in [2.75, 3.05) is 0 Å². The number of rotatable bonds is 7. The second-order valence-corrected chi connectivity index (χ2v) is 10.1. The van der Waals surface area contributed by atoms with Gasteiger partial charge in [-0.2, -0.15) is 9.78 Å². The largest absolute Gasteiger partial charge is 0.487 e. The predicted octanol–water partition coefficient (Wildman–Crippen LogP) is 7.55. The van der Waals surface area contributed by atoms with Gasteiger partial charge >= 0.3 is 0 Å². The first kappa shape index (κ1) is 24.6. The summed E-state index contributed by atoms with van der Waals surface area (Å²) >= 11 is 13.3. The smallest absolute Gasteiger partial charge is 0.282 e.